The highest BCUT2D eigenvalue weighted by molar-refractivity contribution is 7.89. The summed E-state index contributed by atoms with van der Waals surface area (Å²) >= 11 is 0. The Morgan fingerprint density at radius 3 is 2.23 bits per heavy atom. The lowest BCUT2D eigenvalue weighted by atomic mass is 10.1. The van der Waals surface area contributed by atoms with Gasteiger partial charge in [-0.15, -0.1) is 0 Å². The predicted molar refractivity (Wildman–Crippen MR) is 107 cm³/mol. The summed E-state index contributed by atoms with van der Waals surface area (Å²) in [7, 11) is -2.41. The molecule has 9 heteroatoms. The Morgan fingerprint density at radius 2 is 1.73 bits per heavy atom. The van der Waals surface area contributed by atoms with Crippen molar-refractivity contribution in [2.75, 3.05) is 7.11 Å². The molecule has 0 bridgehead atoms. The molecular weight excluding hydrogens is 408 g/mol. The monoisotopic (exact) mass is 430 g/mol. The Hall–Kier alpha value is -3.04. The molecule has 1 fully saturated rings. The third-order valence-corrected chi connectivity index (χ3v) is 6.28. The quantitative estimate of drug-likeness (QED) is 0.559. The van der Waals surface area contributed by atoms with Gasteiger partial charge in [-0.2, -0.15) is 0 Å². The SMILES string of the molecule is COc1ccc(C(=O)N(Cc2ccco2)Cc2ccco2)cc1S(=O)(=O)NC1CC1. The molecule has 4 rings (SSSR count). The van der Waals surface area contributed by atoms with E-state index < -0.39 is 10.0 Å². The molecule has 3 aromatic rings. The molecule has 0 saturated heterocycles. The first-order valence-electron chi connectivity index (χ1n) is 9.50. The lowest BCUT2D eigenvalue weighted by Crippen LogP contribution is -2.30. The van der Waals surface area contributed by atoms with E-state index in [9.17, 15) is 13.2 Å². The molecule has 1 saturated carbocycles. The zero-order valence-corrected chi connectivity index (χ0v) is 17.2. The van der Waals surface area contributed by atoms with Crippen LogP contribution in [-0.2, 0) is 23.1 Å². The number of rotatable bonds is 9. The molecule has 2 aromatic heterocycles. The van der Waals surface area contributed by atoms with E-state index in [2.05, 4.69) is 4.72 Å². The number of carbonyl (C=O) groups excluding carboxylic acids is 1. The second-order valence-corrected chi connectivity index (χ2v) is 8.76. The summed E-state index contributed by atoms with van der Waals surface area (Å²) in [5, 5.41) is 0. The molecular formula is C21H22N2O6S. The number of furan rings is 2. The molecule has 1 aliphatic carbocycles. The molecule has 0 spiro atoms. The summed E-state index contributed by atoms with van der Waals surface area (Å²) < 4.78 is 44.2. The number of ether oxygens (including phenoxy) is 1. The van der Waals surface area contributed by atoms with E-state index in [1.165, 1.54) is 36.7 Å². The number of sulfonamides is 1. The number of carbonyl (C=O) groups is 1. The first kappa shape index (κ1) is 20.2. The number of nitrogens with one attached hydrogen (secondary N) is 1. The average Bonchev–Trinajstić information content (AvgIpc) is 3.18. The van der Waals surface area contributed by atoms with Crippen LogP contribution in [-0.4, -0.2) is 32.4 Å². The Morgan fingerprint density at radius 1 is 1.10 bits per heavy atom. The van der Waals surface area contributed by atoms with Gasteiger partial charge in [0.2, 0.25) is 10.0 Å². The highest BCUT2D eigenvalue weighted by Crippen LogP contribution is 2.29. The molecule has 0 radical (unpaired) electrons. The molecule has 1 aliphatic rings. The van der Waals surface area contributed by atoms with Crippen LogP contribution in [0.1, 0.15) is 34.7 Å². The number of hydrogen-bond donors (Lipinski definition) is 1. The maximum Gasteiger partial charge on any atom is 0.254 e. The van der Waals surface area contributed by atoms with Gasteiger partial charge < -0.3 is 18.5 Å². The lowest BCUT2D eigenvalue weighted by Gasteiger charge is -2.21. The van der Waals surface area contributed by atoms with Crippen molar-refractivity contribution in [3.8, 4) is 5.75 Å². The predicted octanol–water partition coefficient (Wildman–Crippen LogP) is 3.16. The van der Waals surface area contributed by atoms with Gasteiger partial charge in [0.05, 0.1) is 32.7 Å². The third kappa shape index (κ3) is 4.58. The molecule has 1 aromatic carbocycles. The van der Waals surface area contributed by atoms with Crippen molar-refractivity contribution in [1.82, 2.24) is 9.62 Å². The summed E-state index contributed by atoms with van der Waals surface area (Å²) in [6.07, 6.45) is 4.68. The van der Waals surface area contributed by atoms with Crippen LogP contribution in [0.3, 0.4) is 0 Å². The minimum atomic E-state index is -3.80. The Balaban J connectivity index is 1.65. The van der Waals surface area contributed by atoms with Gasteiger partial charge in [0.15, 0.2) is 0 Å². The highest BCUT2D eigenvalue weighted by Gasteiger charge is 2.31. The number of hydrogen-bond acceptors (Lipinski definition) is 6. The molecule has 1 amide bonds. The van der Waals surface area contributed by atoms with Crippen LogP contribution < -0.4 is 9.46 Å². The van der Waals surface area contributed by atoms with Gasteiger partial charge in [-0.1, -0.05) is 0 Å². The minimum absolute atomic E-state index is 0.0568. The Kier molecular flexibility index (Phi) is 5.65. The first-order chi connectivity index (χ1) is 14.5. The van der Waals surface area contributed by atoms with Crippen molar-refractivity contribution >= 4 is 15.9 Å². The largest absolute Gasteiger partial charge is 0.495 e. The van der Waals surface area contributed by atoms with Crippen molar-refractivity contribution in [1.29, 1.82) is 0 Å². The molecule has 0 unspecified atom stereocenters. The maximum absolute atomic E-state index is 13.3. The Labute approximate surface area is 174 Å². The second-order valence-electron chi connectivity index (χ2n) is 7.08. The van der Waals surface area contributed by atoms with Crippen LogP contribution in [0.4, 0.5) is 0 Å². The fraction of sp³-hybridized carbons (Fsp3) is 0.286. The van der Waals surface area contributed by atoms with Gasteiger partial charge in [-0.05, 0) is 55.3 Å². The third-order valence-electron chi connectivity index (χ3n) is 4.74. The standard InChI is InChI=1S/C21H22N2O6S/c1-27-19-9-6-15(12-20(19)30(25,26)22-16-7-8-16)21(24)23(13-17-4-2-10-28-17)14-18-5-3-11-29-18/h2-6,9-12,16,22H,7-8,13-14H2,1H3. The van der Waals surface area contributed by atoms with Crippen molar-refractivity contribution in [2.45, 2.75) is 36.9 Å². The van der Waals surface area contributed by atoms with E-state index in [1.807, 2.05) is 0 Å². The molecule has 2 heterocycles. The van der Waals surface area contributed by atoms with E-state index in [-0.39, 0.29) is 41.2 Å². The Bertz CT molecular complexity index is 1070. The van der Waals surface area contributed by atoms with Crippen molar-refractivity contribution in [2.24, 2.45) is 0 Å². The second kappa shape index (κ2) is 8.37. The zero-order valence-electron chi connectivity index (χ0n) is 16.4. The van der Waals surface area contributed by atoms with Gasteiger partial charge in [0, 0.05) is 11.6 Å². The summed E-state index contributed by atoms with van der Waals surface area (Å²) in [4.78, 5) is 14.8. The van der Waals surface area contributed by atoms with Crippen LogP contribution in [0.15, 0.2) is 68.7 Å². The van der Waals surface area contributed by atoms with Gasteiger partial charge in [0.1, 0.15) is 22.2 Å². The van der Waals surface area contributed by atoms with E-state index in [0.29, 0.717) is 11.5 Å². The van der Waals surface area contributed by atoms with Crippen LogP contribution >= 0.6 is 0 Å². The van der Waals surface area contributed by atoms with Crippen LogP contribution in [0, 0.1) is 0 Å². The number of amides is 1. The van der Waals surface area contributed by atoms with Gasteiger partial charge >= 0.3 is 0 Å². The van der Waals surface area contributed by atoms with Gasteiger partial charge in [-0.3, -0.25) is 4.79 Å². The minimum Gasteiger partial charge on any atom is -0.495 e. The molecule has 0 aliphatic heterocycles. The van der Waals surface area contributed by atoms with Gasteiger partial charge in [-0.25, -0.2) is 13.1 Å². The van der Waals surface area contributed by atoms with Crippen molar-refractivity contribution < 1.29 is 26.8 Å². The number of methoxy groups -OCH3 is 1. The van der Waals surface area contributed by atoms with Crippen molar-refractivity contribution in [3.63, 3.8) is 0 Å². The summed E-state index contributed by atoms with van der Waals surface area (Å²) in [5.41, 5.74) is 0.227. The van der Waals surface area contributed by atoms with Crippen LogP contribution in [0.5, 0.6) is 5.75 Å². The number of benzene rings is 1. The molecule has 1 N–H and O–H groups in total. The number of nitrogens with zero attached hydrogens (tertiary/aromatic N) is 1. The summed E-state index contributed by atoms with van der Waals surface area (Å²) in [6.45, 7) is 0.419. The maximum atomic E-state index is 13.3. The van der Waals surface area contributed by atoms with Crippen LogP contribution in [0.25, 0.3) is 0 Å². The highest BCUT2D eigenvalue weighted by atomic mass is 32.2. The average molecular weight is 430 g/mol. The van der Waals surface area contributed by atoms with Gasteiger partial charge in [0.25, 0.3) is 5.91 Å². The smallest absolute Gasteiger partial charge is 0.254 e. The molecule has 30 heavy (non-hydrogen) atoms. The van der Waals surface area contributed by atoms with E-state index in [0.717, 1.165) is 12.8 Å². The van der Waals surface area contributed by atoms with E-state index in [1.54, 1.807) is 30.3 Å². The topological polar surface area (TPSA) is 102 Å². The first-order valence-corrected chi connectivity index (χ1v) is 11.0. The summed E-state index contributed by atoms with van der Waals surface area (Å²) in [5.74, 6) is 1.04. The normalized spacial score (nSPS) is 13.9. The van der Waals surface area contributed by atoms with Crippen molar-refractivity contribution in [3.05, 3.63) is 72.1 Å². The summed E-state index contributed by atoms with van der Waals surface area (Å²) in [6, 6.07) is 11.4. The fourth-order valence-corrected chi connectivity index (χ4v) is 4.57. The zero-order chi connectivity index (χ0) is 21.1. The lowest BCUT2D eigenvalue weighted by molar-refractivity contribution is 0.0704. The van der Waals surface area contributed by atoms with E-state index in [4.69, 9.17) is 13.6 Å². The molecule has 158 valence electrons. The molecule has 8 nitrogen and oxygen atoms in total. The van der Waals surface area contributed by atoms with E-state index >= 15 is 0 Å². The fourth-order valence-electron chi connectivity index (χ4n) is 3.07. The van der Waals surface area contributed by atoms with Crippen LogP contribution in [0.2, 0.25) is 0 Å². The molecule has 0 atom stereocenters.